The Bertz CT molecular complexity index is 889. The average Bonchev–Trinajstić information content (AvgIpc) is 3.33. The van der Waals surface area contributed by atoms with E-state index in [4.69, 9.17) is 4.74 Å². The first-order valence-electron chi connectivity index (χ1n) is 7.32. The SMILES string of the molecule is COc1ccc2nc(C(=O)Nc3nnc(C4CC4)s3)ccc2c1. The van der Waals surface area contributed by atoms with Crippen LogP contribution in [-0.4, -0.2) is 28.2 Å². The van der Waals surface area contributed by atoms with Crippen molar-refractivity contribution in [1.29, 1.82) is 0 Å². The van der Waals surface area contributed by atoms with Crippen molar-refractivity contribution in [3.63, 3.8) is 0 Å². The van der Waals surface area contributed by atoms with Crippen molar-refractivity contribution in [2.24, 2.45) is 0 Å². The summed E-state index contributed by atoms with van der Waals surface area (Å²) in [5, 5.41) is 13.3. The summed E-state index contributed by atoms with van der Waals surface area (Å²) >= 11 is 1.44. The van der Waals surface area contributed by atoms with Crippen molar-refractivity contribution >= 4 is 33.3 Å². The lowest BCUT2D eigenvalue weighted by molar-refractivity contribution is 0.102. The van der Waals surface area contributed by atoms with E-state index in [9.17, 15) is 4.79 Å². The van der Waals surface area contributed by atoms with Crippen LogP contribution < -0.4 is 10.1 Å². The number of fused-ring (bicyclic) bond motifs is 1. The molecule has 1 N–H and O–H groups in total. The molecule has 0 saturated heterocycles. The summed E-state index contributed by atoms with van der Waals surface area (Å²) in [6.45, 7) is 0. The molecule has 0 bridgehead atoms. The molecular weight excluding hydrogens is 312 g/mol. The quantitative estimate of drug-likeness (QED) is 0.796. The number of hydrogen-bond acceptors (Lipinski definition) is 6. The highest BCUT2D eigenvalue weighted by Gasteiger charge is 2.27. The standard InChI is InChI=1S/C16H14N4O2S/c1-22-11-5-7-12-10(8-11)4-6-13(17-12)14(21)18-16-20-19-15(23-16)9-2-3-9/h4-9H,2-3H2,1H3,(H,18,20,21). The van der Waals surface area contributed by atoms with Gasteiger partial charge in [0.1, 0.15) is 16.5 Å². The summed E-state index contributed by atoms with van der Waals surface area (Å²) in [5.74, 6) is 1.02. The van der Waals surface area contributed by atoms with Gasteiger partial charge in [0.2, 0.25) is 5.13 Å². The molecule has 0 atom stereocenters. The van der Waals surface area contributed by atoms with Gasteiger partial charge in [-0.2, -0.15) is 0 Å². The Morgan fingerprint density at radius 2 is 2.13 bits per heavy atom. The molecule has 6 nitrogen and oxygen atoms in total. The molecule has 2 aromatic heterocycles. The van der Waals surface area contributed by atoms with Crippen LogP contribution >= 0.6 is 11.3 Å². The Hall–Kier alpha value is -2.54. The molecule has 4 rings (SSSR count). The van der Waals surface area contributed by atoms with E-state index >= 15 is 0 Å². The zero-order valence-electron chi connectivity index (χ0n) is 12.4. The second-order valence-corrected chi connectivity index (χ2v) is 6.44. The molecule has 0 unspecified atom stereocenters. The molecule has 0 radical (unpaired) electrons. The van der Waals surface area contributed by atoms with Gasteiger partial charge in [-0.25, -0.2) is 4.98 Å². The Kier molecular flexibility index (Phi) is 3.42. The number of aromatic nitrogens is 3. The topological polar surface area (TPSA) is 77.0 Å². The monoisotopic (exact) mass is 326 g/mol. The lowest BCUT2D eigenvalue weighted by atomic mass is 10.2. The molecule has 0 aliphatic heterocycles. The molecule has 0 spiro atoms. The number of ether oxygens (including phenoxy) is 1. The number of carbonyl (C=O) groups is 1. The predicted octanol–water partition coefficient (Wildman–Crippen LogP) is 3.22. The van der Waals surface area contributed by atoms with Gasteiger partial charge in [-0.15, -0.1) is 10.2 Å². The van der Waals surface area contributed by atoms with Gasteiger partial charge in [-0.05, 0) is 37.1 Å². The molecule has 1 amide bonds. The van der Waals surface area contributed by atoms with E-state index in [0.717, 1.165) is 34.5 Å². The zero-order valence-corrected chi connectivity index (χ0v) is 13.3. The van der Waals surface area contributed by atoms with Crippen molar-refractivity contribution in [2.75, 3.05) is 12.4 Å². The normalized spacial score (nSPS) is 14.0. The molecule has 1 saturated carbocycles. The van der Waals surface area contributed by atoms with Crippen molar-refractivity contribution in [2.45, 2.75) is 18.8 Å². The Balaban J connectivity index is 1.55. The van der Waals surface area contributed by atoms with Crippen LogP contribution in [0.25, 0.3) is 10.9 Å². The predicted molar refractivity (Wildman–Crippen MR) is 88.1 cm³/mol. The maximum absolute atomic E-state index is 12.3. The molecular formula is C16H14N4O2S. The Morgan fingerprint density at radius 3 is 2.91 bits per heavy atom. The highest BCUT2D eigenvalue weighted by Crippen LogP contribution is 2.42. The summed E-state index contributed by atoms with van der Waals surface area (Å²) in [4.78, 5) is 16.7. The number of rotatable bonds is 4. The molecule has 116 valence electrons. The van der Waals surface area contributed by atoms with Crippen LogP contribution in [0.4, 0.5) is 5.13 Å². The molecule has 2 heterocycles. The van der Waals surface area contributed by atoms with Crippen molar-refractivity contribution in [3.05, 3.63) is 41.0 Å². The summed E-state index contributed by atoms with van der Waals surface area (Å²) in [6, 6.07) is 9.09. The lowest BCUT2D eigenvalue weighted by Gasteiger charge is -2.04. The molecule has 1 aliphatic rings. The number of nitrogens with zero attached hydrogens (tertiary/aromatic N) is 3. The highest BCUT2D eigenvalue weighted by atomic mass is 32.1. The summed E-state index contributed by atoms with van der Waals surface area (Å²) in [5.41, 5.74) is 1.10. The second kappa shape index (κ2) is 5.58. The van der Waals surface area contributed by atoms with Crippen LogP contribution in [0.3, 0.4) is 0 Å². The third-order valence-corrected chi connectivity index (χ3v) is 4.72. The van der Waals surface area contributed by atoms with E-state index < -0.39 is 0 Å². The summed E-state index contributed by atoms with van der Waals surface area (Å²) in [7, 11) is 1.62. The largest absolute Gasteiger partial charge is 0.497 e. The maximum atomic E-state index is 12.3. The van der Waals surface area contributed by atoms with Crippen LogP contribution in [0, 0.1) is 0 Å². The number of carbonyl (C=O) groups excluding carboxylic acids is 1. The fraction of sp³-hybridized carbons (Fsp3) is 0.250. The van der Waals surface area contributed by atoms with E-state index in [1.165, 1.54) is 11.3 Å². The van der Waals surface area contributed by atoms with Crippen LogP contribution in [-0.2, 0) is 0 Å². The molecule has 3 aromatic rings. The fourth-order valence-corrected chi connectivity index (χ4v) is 3.21. The second-order valence-electron chi connectivity index (χ2n) is 5.43. The molecule has 7 heteroatoms. The number of methoxy groups -OCH3 is 1. The van der Waals surface area contributed by atoms with E-state index in [2.05, 4.69) is 20.5 Å². The maximum Gasteiger partial charge on any atom is 0.276 e. The molecule has 1 aliphatic carbocycles. The van der Waals surface area contributed by atoms with Crippen LogP contribution in [0.5, 0.6) is 5.75 Å². The van der Waals surface area contributed by atoms with Crippen LogP contribution in [0.2, 0.25) is 0 Å². The molecule has 23 heavy (non-hydrogen) atoms. The van der Waals surface area contributed by atoms with Gasteiger partial charge in [0.25, 0.3) is 5.91 Å². The minimum Gasteiger partial charge on any atom is -0.497 e. The molecule has 1 fully saturated rings. The number of hydrogen-bond donors (Lipinski definition) is 1. The number of amides is 1. The first kappa shape index (κ1) is 14.1. The van der Waals surface area contributed by atoms with Gasteiger partial charge in [0.05, 0.1) is 12.6 Å². The third kappa shape index (κ3) is 2.87. The average molecular weight is 326 g/mol. The highest BCUT2D eigenvalue weighted by molar-refractivity contribution is 7.15. The third-order valence-electron chi connectivity index (χ3n) is 3.72. The minimum absolute atomic E-state index is 0.277. The minimum atomic E-state index is -0.277. The van der Waals surface area contributed by atoms with E-state index in [-0.39, 0.29) is 5.91 Å². The van der Waals surface area contributed by atoms with E-state index in [1.54, 1.807) is 13.2 Å². The van der Waals surface area contributed by atoms with Gasteiger partial charge in [0, 0.05) is 11.3 Å². The van der Waals surface area contributed by atoms with E-state index in [1.807, 2.05) is 24.3 Å². The van der Waals surface area contributed by atoms with Crippen molar-refractivity contribution < 1.29 is 9.53 Å². The van der Waals surface area contributed by atoms with Gasteiger partial charge < -0.3 is 4.74 Å². The van der Waals surface area contributed by atoms with E-state index in [0.29, 0.717) is 16.7 Å². The Morgan fingerprint density at radius 1 is 1.26 bits per heavy atom. The number of nitrogens with one attached hydrogen (secondary N) is 1. The van der Waals surface area contributed by atoms with Gasteiger partial charge in [-0.3, -0.25) is 10.1 Å². The van der Waals surface area contributed by atoms with Crippen molar-refractivity contribution in [1.82, 2.24) is 15.2 Å². The first-order valence-corrected chi connectivity index (χ1v) is 8.14. The fourth-order valence-electron chi connectivity index (χ4n) is 2.30. The number of anilines is 1. The number of benzene rings is 1. The van der Waals surface area contributed by atoms with Crippen LogP contribution in [0.1, 0.15) is 34.3 Å². The summed E-state index contributed by atoms with van der Waals surface area (Å²) < 4.78 is 5.18. The smallest absolute Gasteiger partial charge is 0.276 e. The van der Waals surface area contributed by atoms with Crippen molar-refractivity contribution in [3.8, 4) is 5.75 Å². The van der Waals surface area contributed by atoms with Gasteiger partial charge in [0.15, 0.2) is 0 Å². The Labute approximate surface area is 136 Å². The van der Waals surface area contributed by atoms with Gasteiger partial charge >= 0.3 is 0 Å². The van der Waals surface area contributed by atoms with Gasteiger partial charge in [-0.1, -0.05) is 17.4 Å². The zero-order chi connectivity index (χ0) is 15.8. The lowest BCUT2D eigenvalue weighted by Crippen LogP contribution is -2.13. The number of pyridine rings is 1. The first-order chi connectivity index (χ1) is 11.2. The molecule has 1 aromatic carbocycles. The summed E-state index contributed by atoms with van der Waals surface area (Å²) in [6.07, 6.45) is 2.33. The van der Waals surface area contributed by atoms with Crippen LogP contribution in [0.15, 0.2) is 30.3 Å².